The van der Waals surface area contributed by atoms with Crippen molar-refractivity contribution in [3.8, 4) is 0 Å². The average molecular weight is 361 g/mol. The van der Waals surface area contributed by atoms with Crippen molar-refractivity contribution in [2.75, 3.05) is 6.54 Å². The summed E-state index contributed by atoms with van der Waals surface area (Å²) in [4.78, 5) is 2.34. The van der Waals surface area contributed by atoms with Gasteiger partial charge in [0.1, 0.15) is 0 Å². The molecule has 3 aromatic carbocycles. The normalized spacial score (nSPS) is 20.9. The first-order chi connectivity index (χ1) is 11.3. The zero-order chi connectivity index (χ0) is 16.1. The van der Waals surface area contributed by atoms with Crippen LogP contribution in [0.15, 0.2) is 84.9 Å². The van der Waals surface area contributed by atoms with Gasteiger partial charge in [0.15, 0.2) is 0 Å². The van der Waals surface area contributed by atoms with E-state index in [-0.39, 0.29) is 29.2 Å². The zero-order valence-electron chi connectivity index (χ0n) is 13.8. The predicted octanol–water partition coefficient (Wildman–Crippen LogP) is 4.29. The Morgan fingerprint density at radius 2 is 1.67 bits per heavy atom. The summed E-state index contributed by atoms with van der Waals surface area (Å²) in [5, 5.41) is 10.3. The van der Waals surface area contributed by atoms with Crippen LogP contribution in [0.3, 0.4) is 0 Å². The fourth-order valence-corrected chi connectivity index (χ4v) is 2.95. The maximum Gasteiger partial charge on any atom is 2.00 e. The number of aliphatic hydroxyl groups is 1. The first-order valence-corrected chi connectivity index (χ1v) is 8.14. The van der Waals surface area contributed by atoms with Gasteiger partial charge in [0.25, 0.3) is 0 Å². The predicted molar refractivity (Wildman–Crippen MR) is 94.4 cm³/mol. The molecule has 1 N–H and O–H groups in total. The van der Waals surface area contributed by atoms with Gasteiger partial charge >= 0.3 is 17.1 Å². The van der Waals surface area contributed by atoms with Gasteiger partial charge in [-0.25, -0.2) is 18.2 Å². The van der Waals surface area contributed by atoms with Crippen LogP contribution >= 0.6 is 0 Å². The minimum Gasteiger partial charge on any atom is -0.400 e. The fourth-order valence-electron chi connectivity index (χ4n) is 2.95. The van der Waals surface area contributed by atoms with Gasteiger partial charge in [-0.3, -0.25) is 4.90 Å². The molecule has 1 saturated heterocycles. The summed E-state index contributed by atoms with van der Waals surface area (Å²) in [6.07, 6.45) is -0.355. The molecule has 0 bridgehead atoms. The van der Waals surface area contributed by atoms with Crippen LogP contribution < -0.4 is 0 Å². The molecule has 1 aliphatic rings. The Morgan fingerprint density at radius 1 is 0.958 bits per heavy atom. The Bertz CT molecular complexity index is 646. The molecule has 1 aliphatic heterocycles. The third-order valence-electron chi connectivity index (χ3n) is 4.42. The van der Waals surface area contributed by atoms with Crippen LogP contribution in [0.25, 0.3) is 0 Å². The molecule has 0 aromatic heterocycles. The number of hydrogen-bond donors (Lipinski definition) is 1. The van der Waals surface area contributed by atoms with Crippen LogP contribution in [0.2, 0.25) is 0 Å². The molecule has 1 unspecified atom stereocenters. The van der Waals surface area contributed by atoms with E-state index in [2.05, 4.69) is 36.1 Å². The first-order valence-electron chi connectivity index (χ1n) is 8.14. The Hall–Kier alpha value is -1.64. The second kappa shape index (κ2) is 9.00. The van der Waals surface area contributed by atoms with Crippen LogP contribution in [0.1, 0.15) is 30.2 Å². The third-order valence-corrected chi connectivity index (χ3v) is 4.42. The molecule has 2 nitrogen and oxygen atoms in total. The van der Waals surface area contributed by atoms with Crippen molar-refractivity contribution in [1.82, 2.24) is 4.90 Å². The monoisotopic (exact) mass is 361 g/mol. The molecule has 0 radical (unpaired) electrons. The third kappa shape index (κ3) is 4.68. The van der Waals surface area contributed by atoms with Gasteiger partial charge in [-0.15, -0.1) is 0 Å². The summed E-state index contributed by atoms with van der Waals surface area (Å²) in [5.74, 6) is 0. The maximum atomic E-state index is 10.3. The fraction of sp³-hybridized carbons (Fsp3) is 0.238. The minimum atomic E-state index is -0.355. The topological polar surface area (TPSA) is 23.2 Å². The Labute approximate surface area is 154 Å². The van der Waals surface area contributed by atoms with Gasteiger partial charge in [0.2, 0.25) is 0 Å². The van der Waals surface area contributed by atoms with Crippen LogP contribution in [-0.4, -0.2) is 22.6 Å². The summed E-state index contributed by atoms with van der Waals surface area (Å²) in [5.41, 5.74) is 2.34. The van der Waals surface area contributed by atoms with Gasteiger partial charge in [-0.05, 0) is 12.5 Å². The summed E-state index contributed by atoms with van der Waals surface area (Å²) < 4.78 is 0. The molecular weight excluding hydrogens is 338 g/mol. The molecular formula is C21H23FeNO. The molecule has 3 aromatic rings. The van der Waals surface area contributed by atoms with Gasteiger partial charge in [0, 0.05) is 24.7 Å². The maximum absolute atomic E-state index is 10.3. The average Bonchev–Trinajstić information content (AvgIpc) is 3.04. The van der Waals surface area contributed by atoms with Crippen molar-refractivity contribution in [3.63, 3.8) is 0 Å². The largest absolute Gasteiger partial charge is 2.00 e. The quantitative estimate of drug-likeness (QED) is 0.426. The van der Waals surface area contributed by atoms with E-state index in [9.17, 15) is 5.11 Å². The number of aliphatic hydroxyl groups excluding tert-OH is 1. The summed E-state index contributed by atoms with van der Waals surface area (Å²) >= 11 is 0. The van der Waals surface area contributed by atoms with E-state index in [1.165, 1.54) is 5.56 Å². The van der Waals surface area contributed by atoms with Gasteiger partial charge < -0.3 is 5.11 Å². The molecule has 4 atom stereocenters. The van der Waals surface area contributed by atoms with Crippen molar-refractivity contribution in [1.29, 1.82) is 0 Å². The van der Waals surface area contributed by atoms with E-state index in [1.54, 1.807) is 0 Å². The number of rotatable bonds is 4. The molecule has 1 heterocycles. The van der Waals surface area contributed by atoms with Crippen molar-refractivity contribution >= 4 is 0 Å². The number of hydrogen-bond acceptors (Lipinski definition) is 2. The van der Waals surface area contributed by atoms with Crippen LogP contribution in [0, 0.1) is 0 Å². The molecule has 4 rings (SSSR count). The second-order valence-corrected chi connectivity index (χ2v) is 5.98. The summed E-state index contributed by atoms with van der Waals surface area (Å²) in [6, 6.07) is 29.1. The van der Waals surface area contributed by atoms with E-state index >= 15 is 0 Å². The molecule has 24 heavy (non-hydrogen) atoms. The van der Waals surface area contributed by atoms with E-state index in [4.69, 9.17) is 0 Å². The van der Waals surface area contributed by atoms with Crippen LogP contribution in [-0.2, 0) is 17.1 Å². The molecule has 3 heteroatoms. The summed E-state index contributed by atoms with van der Waals surface area (Å²) in [7, 11) is 0. The van der Waals surface area contributed by atoms with E-state index < -0.39 is 0 Å². The number of nitrogens with zero attached hydrogens (tertiary/aromatic N) is 1. The van der Waals surface area contributed by atoms with Gasteiger partial charge in [-0.2, -0.15) is 42.0 Å². The second-order valence-electron chi connectivity index (χ2n) is 5.98. The number of benzene rings is 1. The minimum absolute atomic E-state index is 0. The van der Waals surface area contributed by atoms with Crippen molar-refractivity contribution in [2.45, 2.75) is 25.1 Å². The summed E-state index contributed by atoms with van der Waals surface area (Å²) in [6.45, 7) is 3.18. The molecule has 0 spiro atoms. The van der Waals surface area contributed by atoms with Gasteiger partial charge in [0.05, 0.1) is 0 Å². The van der Waals surface area contributed by atoms with Gasteiger partial charge in [-0.1, -0.05) is 30.3 Å². The van der Waals surface area contributed by atoms with E-state index in [0.29, 0.717) is 6.04 Å². The van der Waals surface area contributed by atoms with E-state index in [1.807, 2.05) is 60.7 Å². The molecule has 0 saturated carbocycles. The Balaban J connectivity index is 0.000000300. The van der Waals surface area contributed by atoms with Crippen molar-refractivity contribution in [2.24, 2.45) is 0 Å². The Morgan fingerprint density at radius 3 is 2.21 bits per heavy atom. The first kappa shape index (κ1) is 18.7. The van der Waals surface area contributed by atoms with Crippen LogP contribution in [0.4, 0.5) is 0 Å². The zero-order valence-corrected chi connectivity index (χ0v) is 14.9. The van der Waals surface area contributed by atoms with Crippen LogP contribution in [0.5, 0.6) is 0 Å². The van der Waals surface area contributed by atoms with Crippen molar-refractivity contribution in [3.05, 3.63) is 96.1 Å². The SMILES string of the molecule is C[C@H](c1ccccc1)N1C[C@H]1[C@H](O)c1cc[cH-]c1.[Fe+2].c1cc[cH-]c1. The molecule has 126 valence electrons. The standard InChI is InChI=1S/C16H18NO.C5H5.Fe/c1-12(13-7-3-2-4-8-13)17-11-15(17)16(18)14-9-5-6-10-14;1-2-4-5-3-1;/h2-10,12,15-16,18H,11H2,1H3;1-5H;/q2*-1;+2/t12-,15+,16-,17?;;/m1../s1. The molecule has 0 aliphatic carbocycles. The molecule has 1 fully saturated rings. The van der Waals surface area contributed by atoms with E-state index in [0.717, 1.165) is 12.1 Å². The van der Waals surface area contributed by atoms with Crippen molar-refractivity contribution < 1.29 is 22.2 Å². The molecule has 0 amide bonds. The Kier molecular flexibility index (Phi) is 7.01. The smallest absolute Gasteiger partial charge is 0.400 e.